The summed E-state index contributed by atoms with van der Waals surface area (Å²) in [4.78, 5) is 18.5. The molecule has 2 rings (SSSR count). The van der Waals surface area contributed by atoms with Gasteiger partial charge in [-0.05, 0) is 57.8 Å². The van der Waals surface area contributed by atoms with Crippen molar-refractivity contribution < 1.29 is 9.53 Å². The van der Waals surface area contributed by atoms with E-state index in [1.165, 1.54) is 43.5 Å². The molecule has 0 aliphatic carbocycles. The average molecular weight is 404 g/mol. The Morgan fingerprint density at radius 3 is 2.34 bits per heavy atom. The molecule has 1 saturated heterocycles. The maximum absolute atomic E-state index is 11.7. The Morgan fingerprint density at radius 2 is 1.69 bits per heavy atom. The highest BCUT2D eigenvalue weighted by Crippen LogP contribution is 2.16. The van der Waals surface area contributed by atoms with E-state index in [1.807, 2.05) is 20.8 Å². The lowest BCUT2D eigenvalue weighted by atomic mass is 10.0. The van der Waals surface area contributed by atoms with Gasteiger partial charge in [-0.1, -0.05) is 30.7 Å². The highest BCUT2D eigenvalue weighted by atomic mass is 16.6. The van der Waals surface area contributed by atoms with Gasteiger partial charge in [0.1, 0.15) is 5.60 Å². The minimum Gasteiger partial charge on any atom is -0.444 e. The molecule has 29 heavy (non-hydrogen) atoms. The van der Waals surface area contributed by atoms with Crippen LogP contribution < -0.4 is 16.0 Å². The lowest BCUT2D eigenvalue weighted by molar-refractivity contribution is 0.0529. The van der Waals surface area contributed by atoms with Gasteiger partial charge < -0.3 is 20.7 Å². The number of hydrogen-bond donors (Lipinski definition) is 3. The Labute approximate surface area is 175 Å². The number of likely N-dealkylation sites (tertiary alicyclic amines) is 1. The number of aliphatic imine (C=N–C) groups is 1. The normalized spacial score (nSPS) is 15.7. The molecule has 3 N–H and O–H groups in total. The van der Waals surface area contributed by atoms with Gasteiger partial charge in [0.05, 0.1) is 0 Å². The van der Waals surface area contributed by atoms with E-state index >= 15 is 0 Å². The van der Waals surface area contributed by atoms with Gasteiger partial charge in [-0.2, -0.15) is 0 Å². The molecule has 0 atom stereocenters. The summed E-state index contributed by atoms with van der Waals surface area (Å²) in [5, 5.41) is 9.32. The Hall–Kier alpha value is -2.28. The van der Waals surface area contributed by atoms with Gasteiger partial charge in [-0.25, -0.2) is 4.79 Å². The van der Waals surface area contributed by atoms with E-state index in [2.05, 4.69) is 50.1 Å². The molecule has 1 aliphatic heterocycles. The number of benzene rings is 1. The summed E-state index contributed by atoms with van der Waals surface area (Å²) < 4.78 is 5.22. The average Bonchev–Trinajstić information content (AvgIpc) is 2.68. The molecule has 0 aromatic heterocycles. The molecule has 1 aromatic carbocycles. The topological polar surface area (TPSA) is 78.0 Å². The molecule has 1 amide bonds. The van der Waals surface area contributed by atoms with E-state index in [0.717, 1.165) is 6.54 Å². The Kier molecular flexibility index (Phi) is 9.25. The molecule has 7 heteroatoms. The molecular formula is C22H37N5O2. The van der Waals surface area contributed by atoms with E-state index in [4.69, 9.17) is 4.74 Å². The third-order valence-electron chi connectivity index (χ3n) is 4.72. The third kappa shape index (κ3) is 9.17. The zero-order valence-electron chi connectivity index (χ0n) is 18.4. The largest absolute Gasteiger partial charge is 0.444 e. The zero-order valence-corrected chi connectivity index (χ0v) is 18.4. The van der Waals surface area contributed by atoms with Crippen LogP contribution in [-0.2, 0) is 17.8 Å². The third-order valence-corrected chi connectivity index (χ3v) is 4.72. The maximum Gasteiger partial charge on any atom is 0.407 e. The van der Waals surface area contributed by atoms with Crippen LogP contribution in [0.4, 0.5) is 4.79 Å². The summed E-state index contributed by atoms with van der Waals surface area (Å²) >= 11 is 0. The summed E-state index contributed by atoms with van der Waals surface area (Å²) in [6, 6.07) is 8.58. The minimum absolute atomic E-state index is 0.408. The fourth-order valence-corrected chi connectivity index (χ4v) is 3.30. The highest BCUT2D eigenvalue weighted by molar-refractivity contribution is 5.79. The van der Waals surface area contributed by atoms with Gasteiger partial charge in [0.15, 0.2) is 5.96 Å². The second-order valence-corrected chi connectivity index (χ2v) is 8.39. The van der Waals surface area contributed by atoms with Crippen LogP contribution in [0.25, 0.3) is 0 Å². The lowest BCUT2D eigenvalue weighted by Crippen LogP contribution is -2.42. The van der Waals surface area contributed by atoms with Crippen LogP contribution in [0.15, 0.2) is 29.3 Å². The van der Waals surface area contributed by atoms with E-state index in [9.17, 15) is 4.79 Å². The molecule has 0 bridgehead atoms. The van der Waals surface area contributed by atoms with Crippen molar-refractivity contribution in [2.24, 2.45) is 4.99 Å². The Morgan fingerprint density at radius 1 is 1.03 bits per heavy atom. The van der Waals surface area contributed by atoms with Crippen molar-refractivity contribution in [2.75, 3.05) is 33.2 Å². The standard InChI is InChI=1S/C22H37N5O2/c1-22(2,3)29-21(28)25-13-12-24-20(23-4)26-16-18-10-6-7-11-19(18)17-27-14-8-5-9-15-27/h6-7,10-11H,5,8-9,12-17H2,1-4H3,(H,25,28)(H2,23,24,26). The number of carbonyl (C=O) groups is 1. The summed E-state index contributed by atoms with van der Waals surface area (Å²) in [6.45, 7) is 10.7. The first kappa shape index (κ1) is 23.0. The van der Waals surface area contributed by atoms with Crippen LogP contribution in [0, 0.1) is 0 Å². The number of ether oxygens (including phenoxy) is 1. The highest BCUT2D eigenvalue weighted by Gasteiger charge is 2.15. The molecule has 1 heterocycles. The summed E-state index contributed by atoms with van der Waals surface area (Å²) in [7, 11) is 1.75. The summed E-state index contributed by atoms with van der Waals surface area (Å²) in [5.41, 5.74) is 2.16. The predicted molar refractivity (Wildman–Crippen MR) is 118 cm³/mol. The second kappa shape index (κ2) is 11.7. The van der Waals surface area contributed by atoms with Gasteiger partial charge in [-0.15, -0.1) is 0 Å². The summed E-state index contributed by atoms with van der Waals surface area (Å²) in [6.07, 6.45) is 3.54. The van der Waals surface area contributed by atoms with Crippen LogP contribution in [0.5, 0.6) is 0 Å². The number of amides is 1. The molecule has 0 spiro atoms. The van der Waals surface area contributed by atoms with Crippen molar-refractivity contribution in [3.63, 3.8) is 0 Å². The van der Waals surface area contributed by atoms with Crippen molar-refractivity contribution in [1.29, 1.82) is 0 Å². The molecule has 0 saturated carbocycles. The zero-order chi connectivity index (χ0) is 21.1. The van der Waals surface area contributed by atoms with E-state index in [1.54, 1.807) is 7.05 Å². The fraction of sp³-hybridized carbons (Fsp3) is 0.636. The first-order valence-corrected chi connectivity index (χ1v) is 10.6. The number of nitrogens with zero attached hydrogens (tertiary/aromatic N) is 2. The number of piperidine rings is 1. The molecule has 0 unspecified atom stereocenters. The Bertz CT molecular complexity index is 663. The van der Waals surface area contributed by atoms with Crippen molar-refractivity contribution in [3.05, 3.63) is 35.4 Å². The van der Waals surface area contributed by atoms with Gasteiger partial charge >= 0.3 is 6.09 Å². The van der Waals surface area contributed by atoms with Crippen LogP contribution in [0.1, 0.15) is 51.2 Å². The maximum atomic E-state index is 11.7. The number of nitrogens with one attached hydrogen (secondary N) is 3. The van der Waals surface area contributed by atoms with Crippen LogP contribution >= 0.6 is 0 Å². The number of guanidine groups is 1. The Balaban J connectivity index is 1.75. The first-order valence-electron chi connectivity index (χ1n) is 10.6. The number of hydrogen-bond acceptors (Lipinski definition) is 4. The van der Waals surface area contributed by atoms with Gasteiger partial charge in [0.2, 0.25) is 0 Å². The first-order chi connectivity index (χ1) is 13.9. The SMILES string of the molecule is CN=C(NCCNC(=O)OC(C)(C)C)NCc1ccccc1CN1CCCCC1. The molecule has 0 radical (unpaired) electrons. The molecule has 1 aliphatic rings. The smallest absolute Gasteiger partial charge is 0.407 e. The van der Waals surface area contributed by atoms with E-state index in [-0.39, 0.29) is 0 Å². The predicted octanol–water partition coefficient (Wildman–Crippen LogP) is 2.86. The van der Waals surface area contributed by atoms with E-state index < -0.39 is 11.7 Å². The molecule has 1 fully saturated rings. The minimum atomic E-state index is -0.489. The van der Waals surface area contributed by atoms with Gasteiger partial charge in [-0.3, -0.25) is 9.89 Å². The number of alkyl carbamates (subject to hydrolysis) is 1. The van der Waals surface area contributed by atoms with Crippen molar-refractivity contribution in [3.8, 4) is 0 Å². The van der Waals surface area contributed by atoms with Crippen molar-refractivity contribution in [2.45, 2.75) is 58.7 Å². The molecule has 162 valence electrons. The van der Waals surface area contributed by atoms with Gasteiger partial charge in [0.25, 0.3) is 0 Å². The van der Waals surface area contributed by atoms with Crippen molar-refractivity contribution >= 4 is 12.1 Å². The van der Waals surface area contributed by atoms with Gasteiger partial charge in [0, 0.05) is 33.2 Å². The van der Waals surface area contributed by atoms with Crippen LogP contribution in [-0.4, -0.2) is 55.8 Å². The summed E-state index contributed by atoms with van der Waals surface area (Å²) in [5.74, 6) is 0.712. The molecule has 1 aromatic rings. The number of rotatable bonds is 7. The molecule has 7 nitrogen and oxygen atoms in total. The lowest BCUT2D eigenvalue weighted by Gasteiger charge is -2.27. The fourth-order valence-electron chi connectivity index (χ4n) is 3.30. The monoisotopic (exact) mass is 403 g/mol. The second-order valence-electron chi connectivity index (χ2n) is 8.39. The number of carbonyl (C=O) groups excluding carboxylic acids is 1. The molecular weight excluding hydrogens is 366 g/mol. The van der Waals surface area contributed by atoms with Crippen molar-refractivity contribution in [1.82, 2.24) is 20.9 Å². The van der Waals surface area contributed by atoms with Crippen LogP contribution in [0.2, 0.25) is 0 Å². The quantitative estimate of drug-likeness (QED) is 0.371. The van der Waals surface area contributed by atoms with Crippen LogP contribution in [0.3, 0.4) is 0 Å². The van der Waals surface area contributed by atoms with E-state index in [0.29, 0.717) is 25.6 Å².